The van der Waals surface area contributed by atoms with Crippen LogP contribution >= 0.6 is 0 Å². The molecule has 0 radical (unpaired) electrons. The second-order valence-electron chi connectivity index (χ2n) is 11.1. The summed E-state index contributed by atoms with van der Waals surface area (Å²) in [5.41, 5.74) is 0.303. The zero-order chi connectivity index (χ0) is 25.5. The molecule has 1 aliphatic carbocycles. The second kappa shape index (κ2) is 12.8. The number of amides is 1. The van der Waals surface area contributed by atoms with E-state index in [1.54, 1.807) is 12.0 Å². The Bertz CT molecular complexity index is 746. The topological polar surface area (TPSA) is 68.2 Å². The van der Waals surface area contributed by atoms with E-state index < -0.39 is 11.6 Å². The first-order valence-corrected chi connectivity index (χ1v) is 12.9. The lowest BCUT2D eigenvalue weighted by molar-refractivity contribution is -0.0648. The average molecular weight is 478 g/mol. The number of carbonyl (C=O) groups excluding carboxylic acids is 1. The Balaban J connectivity index is 2.05. The van der Waals surface area contributed by atoms with Crippen molar-refractivity contribution in [2.45, 2.75) is 97.9 Å². The third-order valence-electron chi connectivity index (χ3n) is 7.29. The van der Waals surface area contributed by atoms with Crippen molar-refractivity contribution in [1.82, 2.24) is 4.90 Å². The number of methoxy groups -OCH3 is 1. The first-order chi connectivity index (χ1) is 16.0. The molecule has 194 valence electrons. The number of aliphatic hydroxyl groups is 1. The number of nitrogens with zero attached hydrogens (tertiary/aromatic N) is 1. The fraction of sp³-hybridized carbons (Fsp3) is 0.750. The predicted molar refractivity (Wildman–Crippen MR) is 136 cm³/mol. The van der Waals surface area contributed by atoms with Crippen LogP contribution < -0.4 is 4.74 Å². The number of hydrogen-bond acceptors (Lipinski definition) is 5. The first kappa shape index (κ1) is 28.4. The van der Waals surface area contributed by atoms with E-state index in [9.17, 15) is 9.90 Å². The minimum Gasteiger partial charge on any atom is -0.491 e. The predicted octanol–water partition coefficient (Wildman–Crippen LogP) is 5.70. The van der Waals surface area contributed by atoms with Gasteiger partial charge in [-0.05, 0) is 82.4 Å². The Kier molecular flexibility index (Phi) is 10.7. The summed E-state index contributed by atoms with van der Waals surface area (Å²) in [6, 6.07) is 7.67. The van der Waals surface area contributed by atoms with Crippen LogP contribution in [0.15, 0.2) is 24.3 Å². The molecule has 6 heteroatoms. The van der Waals surface area contributed by atoms with E-state index >= 15 is 0 Å². The zero-order valence-electron chi connectivity index (χ0n) is 22.5. The molecule has 0 heterocycles. The van der Waals surface area contributed by atoms with Gasteiger partial charge in [-0.2, -0.15) is 0 Å². The highest BCUT2D eigenvalue weighted by molar-refractivity contribution is 5.69. The Hall–Kier alpha value is -1.79. The van der Waals surface area contributed by atoms with Crippen LogP contribution in [0.4, 0.5) is 4.79 Å². The third kappa shape index (κ3) is 7.61. The van der Waals surface area contributed by atoms with Crippen LogP contribution in [-0.2, 0) is 15.9 Å². The molecule has 1 saturated carbocycles. The summed E-state index contributed by atoms with van der Waals surface area (Å²) < 4.78 is 17.1. The van der Waals surface area contributed by atoms with Crippen molar-refractivity contribution >= 4 is 6.09 Å². The molecule has 0 aliphatic heterocycles. The van der Waals surface area contributed by atoms with Crippen LogP contribution in [0.25, 0.3) is 0 Å². The van der Waals surface area contributed by atoms with Gasteiger partial charge in [0.2, 0.25) is 0 Å². The first-order valence-electron chi connectivity index (χ1n) is 12.9. The monoisotopic (exact) mass is 477 g/mol. The number of rotatable bonds is 11. The second-order valence-corrected chi connectivity index (χ2v) is 11.1. The van der Waals surface area contributed by atoms with Gasteiger partial charge in [-0.15, -0.1) is 0 Å². The van der Waals surface area contributed by atoms with Gasteiger partial charge in [0, 0.05) is 13.2 Å². The van der Waals surface area contributed by atoms with Gasteiger partial charge in [0.15, 0.2) is 0 Å². The Morgan fingerprint density at radius 2 is 1.79 bits per heavy atom. The molecule has 0 bridgehead atoms. The maximum Gasteiger partial charge on any atom is 0.410 e. The van der Waals surface area contributed by atoms with E-state index in [4.69, 9.17) is 14.2 Å². The molecule has 0 saturated heterocycles. The number of hydrogen-bond donors (Lipinski definition) is 1. The fourth-order valence-corrected chi connectivity index (χ4v) is 5.06. The van der Waals surface area contributed by atoms with Crippen LogP contribution in [0.5, 0.6) is 5.75 Å². The highest BCUT2D eigenvalue weighted by atomic mass is 16.6. The van der Waals surface area contributed by atoms with Crippen LogP contribution in [0.1, 0.15) is 73.3 Å². The number of carbonyl (C=O) groups is 1. The van der Waals surface area contributed by atoms with Crippen molar-refractivity contribution in [2.75, 3.05) is 20.3 Å². The molecular formula is C28H47NO5. The summed E-state index contributed by atoms with van der Waals surface area (Å²) in [6.07, 6.45) is 2.68. The van der Waals surface area contributed by atoms with Gasteiger partial charge >= 0.3 is 6.09 Å². The maximum absolute atomic E-state index is 13.4. The van der Waals surface area contributed by atoms with Gasteiger partial charge in [-0.25, -0.2) is 4.79 Å². The van der Waals surface area contributed by atoms with Crippen molar-refractivity contribution in [1.29, 1.82) is 0 Å². The summed E-state index contributed by atoms with van der Waals surface area (Å²) >= 11 is 0. The summed E-state index contributed by atoms with van der Waals surface area (Å²) in [6.45, 7) is 15.1. The molecule has 1 N–H and O–H groups in total. The molecule has 0 aromatic heterocycles. The van der Waals surface area contributed by atoms with Crippen LogP contribution in [-0.4, -0.2) is 60.2 Å². The van der Waals surface area contributed by atoms with E-state index in [0.717, 1.165) is 19.3 Å². The van der Waals surface area contributed by atoms with E-state index in [0.29, 0.717) is 30.1 Å². The molecular weight excluding hydrogens is 430 g/mol. The molecule has 6 nitrogen and oxygen atoms in total. The lowest BCUT2D eigenvalue weighted by Crippen LogP contribution is -2.60. The number of ether oxygens (including phenoxy) is 3. The minimum atomic E-state index is -0.887. The minimum absolute atomic E-state index is 0.0794. The van der Waals surface area contributed by atoms with Crippen molar-refractivity contribution in [2.24, 2.45) is 17.8 Å². The van der Waals surface area contributed by atoms with Crippen molar-refractivity contribution in [3.8, 4) is 5.75 Å². The standard InChI is InChI=1S/C28H47NO5/c1-19(2)24-14-9-21(5)17-25(24)34-27(31)29(20(3)4)28(6,7)26(30)18-33-23-12-10-22(11-13-23)15-16-32-8/h10-13,19-21,24-26,30H,9,14-18H2,1-8H3/t21-,24+,25-,26-/m1/s1. The van der Waals surface area contributed by atoms with E-state index in [2.05, 4.69) is 20.8 Å². The summed E-state index contributed by atoms with van der Waals surface area (Å²) in [4.78, 5) is 15.1. The van der Waals surface area contributed by atoms with E-state index in [1.807, 2.05) is 52.0 Å². The molecule has 1 fully saturated rings. The Morgan fingerprint density at radius 3 is 2.35 bits per heavy atom. The summed E-state index contributed by atoms with van der Waals surface area (Å²) in [7, 11) is 1.69. The highest BCUT2D eigenvalue weighted by Crippen LogP contribution is 2.36. The quantitative estimate of drug-likeness (QED) is 0.443. The SMILES string of the molecule is COCCc1ccc(OC[C@@H](O)C(C)(C)N(C(=O)O[C@@H]2C[C@H](C)CC[C@H]2C(C)C)C(C)C)cc1. The Morgan fingerprint density at radius 1 is 1.15 bits per heavy atom. The maximum atomic E-state index is 13.4. The van der Waals surface area contributed by atoms with Gasteiger partial charge in [-0.3, -0.25) is 4.90 Å². The number of benzene rings is 1. The van der Waals surface area contributed by atoms with E-state index in [1.165, 1.54) is 12.0 Å². The summed E-state index contributed by atoms with van der Waals surface area (Å²) in [5, 5.41) is 11.1. The number of aliphatic hydroxyl groups excluding tert-OH is 1. The smallest absolute Gasteiger partial charge is 0.410 e. The van der Waals surface area contributed by atoms with Gasteiger partial charge in [0.05, 0.1) is 12.1 Å². The fourth-order valence-electron chi connectivity index (χ4n) is 5.06. The van der Waals surface area contributed by atoms with Crippen LogP contribution in [0.2, 0.25) is 0 Å². The van der Waals surface area contributed by atoms with Crippen LogP contribution in [0, 0.1) is 17.8 Å². The molecule has 1 amide bonds. The lowest BCUT2D eigenvalue weighted by atomic mass is 9.75. The molecule has 34 heavy (non-hydrogen) atoms. The lowest BCUT2D eigenvalue weighted by Gasteiger charge is -2.45. The average Bonchev–Trinajstić information content (AvgIpc) is 2.76. The van der Waals surface area contributed by atoms with Crippen molar-refractivity contribution < 1.29 is 24.1 Å². The highest BCUT2D eigenvalue weighted by Gasteiger charge is 2.42. The summed E-state index contributed by atoms with van der Waals surface area (Å²) in [5.74, 6) is 2.07. The normalized spacial score (nSPS) is 22.0. The molecule has 0 spiro atoms. The van der Waals surface area contributed by atoms with Crippen molar-refractivity contribution in [3.05, 3.63) is 29.8 Å². The largest absolute Gasteiger partial charge is 0.491 e. The van der Waals surface area contributed by atoms with Gasteiger partial charge < -0.3 is 19.3 Å². The Labute approximate surface area is 207 Å². The molecule has 2 rings (SSSR count). The van der Waals surface area contributed by atoms with Crippen LogP contribution in [0.3, 0.4) is 0 Å². The third-order valence-corrected chi connectivity index (χ3v) is 7.29. The van der Waals surface area contributed by atoms with Gasteiger partial charge in [0.1, 0.15) is 24.6 Å². The van der Waals surface area contributed by atoms with Gasteiger partial charge in [-0.1, -0.05) is 39.3 Å². The molecule has 0 unspecified atom stereocenters. The zero-order valence-corrected chi connectivity index (χ0v) is 22.5. The molecule has 4 atom stereocenters. The molecule has 1 aromatic carbocycles. The van der Waals surface area contributed by atoms with Gasteiger partial charge in [0.25, 0.3) is 0 Å². The molecule has 1 aliphatic rings. The van der Waals surface area contributed by atoms with E-state index in [-0.39, 0.29) is 24.8 Å². The van der Waals surface area contributed by atoms with Crippen molar-refractivity contribution in [3.63, 3.8) is 0 Å². The molecule has 1 aromatic rings.